The minimum atomic E-state index is 0.105. The molecule has 0 aliphatic heterocycles. The number of hydrogen-bond acceptors (Lipinski definition) is 2. The van der Waals surface area contributed by atoms with E-state index in [2.05, 4.69) is 24.3 Å². The van der Waals surface area contributed by atoms with Crippen LogP contribution in [0.15, 0.2) is 0 Å². The molecule has 0 saturated heterocycles. The minimum Gasteiger partial charge on any atom is -0.354 e. The molecule has 0 unspecified atom stereocenters. The van der Waals surface area contributed by atoms with E-state index in [1.165, 1.54) is 12.8 Å². The molecule has 1 amide bonds. The van der Waals surface area contributed by atoms with Gasteiger partial charge in [-0.1, -0.05) is 0 Å². The molecule has 1 fully saturated rings. The van der Waals surface area contributed by atoms with Crippen LogP contribution in [0.25, 0.3) is 0 Å². The van der Waals surface area contributed by atoms with Gasteiger partial charge in [0.1, 0.15) is 0 Å². The molecule has 1 saturated carbocycles. The molecule has 0 aromatic rings. The first-order valence-electron chi connectivity index (χ1n) is 5.03. The van der Waals surface area contributed by atoms with Gasteiger partial charge in [-0.05, 0) is 39.8 Å². The molecule has 0 spiro atoms. The molecule has 0 aromatic carbocycles. The van der Waals surface area contributed by atoms with E-state index in [0.29, 0.717) is 12.1 Å². The van der Waals surface area contributed by atoms with E-state index >= 15 is 0 Å². The van der Waals surface area contributed by atoms with Crippen LogP contribution in [0, 0.1) is 0 Å². The predicted octanol–water partition coefficient (Wildman–Crippen LogP) is 0.995. The second-order valence-electron chi connectivity index (χ2n) is 4.17. The van der Waals surface area contributed by atoms with Crippen LogP contribution < -0.4 is 5.32 Å². The zero-order chi connectivity index (χ0) is 9.84. The van der Waals surface area contributed by atoms with Gasteiger partial charge in [-0.15, -0.1) is 0 Å². The Kier molecular flexibility index (Phi) is 3.72. The highest BCUT2D eigenvalue weighted by molar-refractivity contribution is 5.73. The summed E-state index contributed by atoms with van der Waals surface area (Å²) in [4.78, 5) is 13.1. The lowest BCUT2D eigenvalue weighted by Gasteiger charge is -2.32. The van der Waals surface area contributed by atoms with Gasteiger partial charge in [0.25, 0.3) is 0 Å². The van der Waals surface area contributed by atoms with Gasteiger partial charge in [-0.3, -0.25) is 4.79 Å². The van der Waals surface area contributed by atoms with E-state index in [1.54, 1.807) is 6.92 Å². The van der Waals surface area contributed by atoms with Crippen LogP contribution in [0.4, 0.5) is 0 Å². The molecule has 1 rings (SSSR count). The Morgan fingerprint density at radius 1 is 1.23 bits per heavy atom. The molecule has 0 bridgehead atoms. The normalized spacial score (nSPS) is 28.9. The third-order valence-electron chi connectivity index (χ3n) is 2.83. The molecule has 1 aliphatic carbocycles. The van der Waals surface area contributed by atoms with Crippen molar-refractivity contribution in [3.05, 3.63) is 0 Å². The standard InChI is InChI=1S/C10H20N2O/c1-8(13)11-9-4-6-10(7-5-9)12(2)3/h9-10H,4-7H2,1-3H3,(H,11,13)/t9-,10-. The van der Waals surface area contributed by atoms with Crippen LogP contribution in [0.2, 0.25) is 0 Å². The van der Waals surface area contributed by atoms with Crippen molar-refractivity contribution >= 4 is 5.91 Å². The van der Waals surface area contributed by atoms with Crippen LogP contribution in [0.5, 0.6) is 0 Å². The minimum absolute atomic E-state index is 0.105. The third-order valence-corrected chi connectivity index (χ3v) is 2.83. The summed E-state index contributed by atoms with van der Waals surface area (Å²) < 4.78 is 0. The summed E-state index contributed by atoms with van der Waals surface area (Å²) in [5.41, 5.74) is 0. The summed E-state index contributed by atoms with van der Waals surface area (Å²) in [7, 11) is 4.26. The number of carbonyl (C=O) groups excluding carboxylic acids is 1. The van der Waals surface area contributed by atoms with Crippen LogP contribution >= 0.6 is 0 Å². The largest absolute Gasteiger partial charge is 0.354 e. The number of nitrogens with one attached hydrogen (secondary N) is 1. The summed E-state index contributed by atoms with van der Waals surface area (Å²) >= 11 is 0. The van der Waals surface area contributed by atoms with Gasteiger partial charge in [0, 0.05) is 19.0 Å². The van der Waals surface area contributed by atoms with Gasteiger partial charge in [0.05, 0.1) is 0 Å². The van der Waals surface area contributed by atoms with Crippen molar-refractivity contribution in [1.29, 1.82) is 0 Å². The third kappa shape index (κ3) is 3.35. The highest BCUT2D eigenvalue weighted by Gasteiger charge is 2.22. The number of nitrogens with zero attached hydrogens (tertiary/aromatic N) is 1. The summed E-state index contributed by atoms with van der Waals surface area (Å²) in [5.74, 6) is 0.105. The maximum atomic E-state index is 10.8. The first kappa shape index (κ1) is 10.5. The lowest BCUT2D eigenvalue weighted by atomic mass is 9.90. The van der Waals surface area contributed by atoms with Crippen LogP contribution in [0.3, 0.4) is 0 Å². The second-order valence-corrected chi connectivity index (χ2v) is 4.17. The Bertz CT molecular complexity index is 172. The first-order valence-corrected chi connectivity index (χ1v) is 5.03. The molecule has 0 atom stereocenters. The Morgan fingerprint density at radius 2 is 1.77 bits per heavy atom. The van der Waals surface area contributed by atoms with Gasteiger partial charge >= 0.3 is 0 Å². The maximum Gasteiger partial charge on any atom is 0.217 e. The number of carbonyl (C=O) groups is 1. The van der Waals surface area contributed by atoms with Crippen molar-refractivity contribution in [2.45, 2.75) is 44.7 Å². The zero-order valence-electron chi connectivity index (χ0n) is 8.84. The topological polar surface area (TPSA) is 32.3 Å². The van der Waals surface area contributed by atoms with Crippen LogP contribution in [-0.4, -0.2) is 37.0 Å². The van der Waals surface area contributed by atoms with E-state index in [1.807, 2.05) is 0 Å². The van der Waals surface area contributed by atoms with Crippen molar-refractivity contribution in [1.82, 2.24) is 10.2 Å². The van der Waals surface area contributed by atoms with Gasteiger partial charge in [0.2, 0.25) is 5.91 Å². The summed E-state index contributed by atoms with van der Waals surface area (Å²) in [6.07, 6.45) is 4.67. The van der Waals surface area contributed by atoms with Gasteiger partial charge < -0.3 is 10.2 Å². The van der Waals surface area contributed by atoms with E-state index < -0.39 is 0 Å². The van der Waals surface area contributed by atoms with Crippen molar-refractivity contribution in [2.75, 3.05) is 14.1 Å². The molecule has 1 aliphatic rings. The zero-order valence-corrected chi connectivity index (χ0v) is 8.84. The lowest BCUT2D eigenvalue weighted by molar-refractivity contribution is -0.119. The van der Waals surface area contributed by atoms with E-state index in [4.69, 9.17) is 0 Å². The fourth-order valence-electron chi connectivity index (χ4n) is 2.02. The molecule has 1 N–H and O–H groups in total. The molecular weight excluding hydrogens is 164 g/mol. The summed E-state index contributed by atoms with van der Waals surface area (Å²) in [6.45, 7) is 1.60. The van der Waals surface area contributed by atoms with Crippen molar-refractivity contribution in [3.8, 4) is 0 Å². The summed E-state index contributed by atoms with van der Waals surface area (Å²) in [6, 6.07) is 1.14. The average Bonchev–Trinajstić information content (AvgIpc) is 2.04. The Morgan fingerprint density at radius 3 is 2.15 bits per heavy atom. The Balaban J connectivity index is 2.26. The molecule has 0 aromatic heterocycles. The molecule has 3 heteroatoms. The van der Waals surface area contributed by atoms with Crippen molar-refractivity contribution in [2.24, 2.45) is 0 Å². The second kappa shape index (κ2) is 4.61. The average molecular weight is 184 g/mol. The van der Waals surface area contributed by atoms with E-state index in [0.717, 1.165) is 12.8 Å². The van der Waals surface area contributed by atoms with E-state index in [9.17, 15) is 4.79 Å². The van der Waals surface area contributed by atoms with Gasteiger partial charge in [-0.25, -0.2) is 0 Å². The summed E-state index contributed by atoms with van der Waals surface area (Å²) in [5, 5.41) is 2.98. The molecular formula is C10H20N2O. The fraction of sp³-hybridized carbons (Fsp3) is 0.900. The Hall–Kier alpha value is -0.570. The molecule has 3 nitrogen and oxygen atoms in total. The number of amides is 1. The lowest BCUT2D eigenvalue weighted by Crippen LogP contribution is -2.40. The monoisotopic (exact) mass is 184 g/mol. The molecule has 13 heavy (non-hydrogen) atoms. The molecule has 0 radical (unpaired) electrons. The van der Waals surface area contributed by atoms with Gasteiger partial charge in [0.15, 0.2) is 0 Å². The van der Waals surface area contributed by atoms with Gasteiger partial charge in [-0.2, -0.15) is 0 Å². The Labute approximate surface area is 80.5 Å². The maximum absolute atomic E-state index is 10.8. The molecule has 76 valence electrons. The predicted molar refractivity (Wildman–Crippen MR) is 53.5 cm³/mol. The van der Waals surface area contributed by atoms with Crippen LogP contribution in [-0.2, 0) is 4.79 Å². The smallest absolute Gasteiger partial charge is 0.217 e. The highest BCUT2D eigenvalue weighted by atomic mass is 16.1. The molecule has 0 heterocycles. The first-order chi connectivity index (χ1) is 6.09. The highest BCUT2D eigenvalue weighted by Crippen LogP contribution is 2.21. The fourth-order valence-corrected chi connectivity index (χ4v) is 2.02. The quantitative estimate of drug-likeness (QED) is 0.694. The van der Waals surface area contributed by atoms with Crippen molar-refractivity contribution in [3.63, 3.8) is 0 Å². The van der Waals surface area contributed by atoms with Crippen LogP contribution in [0.1, 0.15) is 32.6 Å². The number of hydrogen-bond donors (Lipinski definition) is 1. The van der Waals surface area contributed by atoms with Crippen molar-refractivity contribution < 1.29 is 4.79 Å². The SMILES string of the molecule is CC(=O)N[C@H]1CC[C@H](N(C)C)CC1. The number of rotatable bonds is 2. The van der Waals surface area contributed by atoms with E-state index in [-0.39, 0.29) is 5.91 Å².